The highest BCUT2D eigenvalue weighted by atomic mass is 32.1. The number of benzene rings is 1. The van der Waals surface area contributed by atoms with Crippen LogP contribution in [0.5, 0.6) is 0 Å². The number of allylic oxidation sites excluding steroid dienone is 1. The summed E-state index contributed by atoms with van der Waals surface area (Å²) < 4.78 is 0. The minimum absolute atomic E-state index is 0.0195. The third-order valence-electron chi connectivity index (χ3n) is 3.92. The van der Waals surface area contributed by atoms with Gasteiger partial charge in [0.15, 0.2) is 0 Å². The predicted octanol–water partition coefficient (Wildman–Crippen LogP) is 1.82. The van der Waals surface area contributed by atoms with Crippen molar-refractivity contribution in [2.24, 2.45) is 0 Å². The summed E-state index contributed by atoms with van der Waals surface area (Å²) in [5, 5.41) is 13.7. The van der Waals surface area contributed by atoms with Gasteiger partial charge in [-0.15, -0.1) is 11.3 Å². The molecule has 1 heterocycles. The number of aromatic nitrogens is 1. The lowest BCUT2D eigenvalue weighted by molar-refractivity contribution is 0.225. The molecular formula is C17H15NOS. The van der Waals surface area contributed by atoms with Gasteiger partial charge in [-0.25, -0.2) is 4.98 Å². The van der Waals surface area contributed by atoms with E-state index in [0.29, 0.717) is 0 Å². The van der Waals surface area contributed by atoms with E-state index >= 15 is 0 Å². The number of hydrogen-bond donors (Lipinski definition) is 1. The third kappa shape index (κ3) is 1.94. The molecule has 2 aromatic rings. The van der Waals surface area contributed by atoms with Gasteiger partial charge in [0.1, 0.15) is 5.01 Å². The van der Waals surface area contributed by atoms with Gasteiger partial charge in [0, 0.05) is 0 Å². The zero-order chi connectivity index (χ0) is 13.5. The van der Waals surface area contributed by atoms with Crippen LogP contribution in [0.2, 0.25) is 0 Å². The van der Waals surface area contributed by atoms with Crippen LogP contribution >= 0.6 is 11.3 Å². The highest BCUT2D eigenvalue weighted by molar-refractivity contribution is 7.12. The van der Waals surface area contributed by atoms with Crippen molar-refractivity contribution in [3.63, 3.8) is 0 Å². The number of nitrogens with zero attached hydrogens (tertiary/aromatic N) is 1. The standard InChI is InChI=1S/C17H15NOS/c19-15-10-12-6-2-1-5-11(12)9-13(15)17-18-14-7-3-4-8-16(14)20-17/h1-2,4-6,8-10,13,15,19H,3,7H2. The number of aryl methyl sites for hydroxylation is 1. The van der Waals surface area contributed by atoms with E-state index in [4.69, 9.17) is 4.98 Å². The van der Waals surface area contributed by atoms with E-state index in [2.05, 4.69) is 24.3 Å². The minimum atomic E-state index is -0.485. The lowest BCUT2D eigenvalue weighted by atomic mass is 9.95. The van der Waals surface area contributed by atoms with Gasteiger partial charge in [0.2, 0.25) is 0 Å². The minimum Gasteiger partial charge on any atom is -0.388 e. The molecule has 0 bridgehead atoms. The van der Waals surface area contributed by atoms with Crippen molar-refractivity contribution in [3.05, 3.63) is 56.4 Å². The molecule has 0 aliphatic heterocycles. The maximum Gasteiger partial charge on any atom is 0.103 e. The van der Waals surface area contributed by atoms with E-state index in [9.17, 15) is 5.11 Å². The van der Waals surface area contributed by atoms with Crippen LogP contribution in [0, 0.1) is 0 Å². The van der Waals surface area contributed by atoms with Crippen LogP contribution in [-0.4, -0.2) is 16.2 Å². The first-order valence-electron chi connectivity index (χ1n) is 6.94. The maximum atomic E-state index is 10.4. The molecule has 0 fully saturated rings. The Morgan fingerprint density at radius 2 is 1.95 bits per heavy atom. The second-order valence-corrected chi connectivity index (χ2v) is 6.34. The SMILES string of the molecule is OC1C=c2ccccc2=CC1c1nc2c(s1)C=CCC2. The number of thiazole rings is 1. The summed E-state index contributed by atoms with van der Waals surface area (Å²) >= 11 is 1.71. The highest BCUT2D eigenvalue weighted by Gasteiger charge is 2.24. The Morgan fingerprint density at radius 3 is 2.75 bits per heavy atom. The van der Waals surface area contributed by atoms with E-state index in [-0.39, 0.29) is 5.92 Å². The Morgan fingerprint density at radius 1 is 1.15 bits per heavy atom. The van der Waals surface area contributed by atoms with E-state index in [0.717, 1.165) is 23.1 Å². The fourth-order valence-corrected chi connectivity index (χ4v) is 4.01. The summed E-state index contributed by atoms with van der Waals surface area (Å²) in [7, 11) is 0. The van der Waals surface area contributed by atoms with Crippen molar-refractivity contribution in [1.82, 2.24) is 4.98 Å². The van der Waals surface area contributed by atoms with Crippen LogP contribution < -0.4 is 10.4 Å². The molecule has 100 valence electrons. The molecular weight excluding hydrogens is 266 g/mol. The van der Waals surface area contributed by atoms with Crippen LogP contribution in [0.25, 0.3) is 18.2 Å². The van der Waals surface area contributed by atoms with Gasteiger partial charge in [-0.2, -0.15) is 0 Å². The first-order chi connectivity index (χ1) is 9.81. The molecule has 1 N–H and O–H groups in total. The average molecular weight is 281 g/mol. The van der Waals surface area contributed by atoms with Crippen molar-refractivity contribution in [1.29, 1.82) is 0 Å². The van der Waals surface area contributed by atoms with Crippen molar-refractivity contribution < 1.29 is 5.11 Å². The lowest BCUT2D eigenvalue weighted by Gasteiger charge is -2.17. The molecule has 0 saturated heterocycles. The smallest absolute Gasteiger partial charge is 0.103 e. The van der Waals surface area contributed by atoms with Gasteiger partial charge in [-0.05, 0) is 35.4 Å². The molecule has 0 saturated carbocycles. The van der Waals surface area contributed by atoms with Gasteiger partial charge >= 0.3 is 0 Å². The number of aliphatic hydroxyl groups is 1. The van der Waals surface area contributed by atoms with Crippen LogP contribution in [0.15, 0.2) is 30.3 Å². The van der Waals surface area contributed by atoms with E-state index in [1.807, 2.05) is 24.3 Å². The Labute approximate surface area is 121 Å². The molecule has 3 heteroatoms. The molecule has 2 atom stereocenters. The summed E-state index contributed by atoms with van der Waals surface area (Å²) in [6.07, 6.45) is 10.1. The molecule has 2 aliphatic rings. The second-order valence-electron chi connectivity index (χ2n) is 5.28. The van der Waals surface area contributed by atoms with E-state index < -0.39 is 6.10 Å². The molecule has 2 unspecified atom stereocenters. The van der Waals surface area contributed by atoms with Crippen LogP contribution in [-0.2, 0) is 6.42 Å². The van der Waals surface area contributed by atoms with Crippen LogP contribution in [0.4, 0.5) is 0 Å². The summed E-state index contributed by atoms with van der Waals surface area (Å²) in [4.78, 5) is 6.01. The number of hydrogen-bond acceptors (Lipinski definition) is 3. The molecule has 1 aromatic heterocycles. The van der Waals surface area contributed by atoms with E-state index in [1.54, 1.807) is 11.3 Å². The zero-order valence-electron chi connectivity index (χ0n) is 11.0. The summed E-state index contributed by atoms with van der Waals surface area (Å²) in [6.45, 7) is 0. The molecule has 1 aromatic carbocycles. The van der Waals surface area contributed by atoms with Gasteiger partial charge in [0.05, 0.1) is 22.6 Å². The molecule has 0 radical (unpaired) electrons. The van der Waals surface area contributed by atoms with Crippen LogP contribution in [0.1, 0.15) is 27.9 Å². The number of fused-ring (bicyclic) bond motifs is 2. The topological polar surface area (TPSA) is 33.1 Å². The van der Waals surface area contributed by atoms with Crippen molar-refractivity contribution in [2.45, 2.75) is 24.9 Å². The second kappa shape index (κ2) is 4.69. The van der Waals surface area contributed by atoms with E-state index in [1.165, 1.54) is 15.8 Å². The Balaban J connectivity index is 1.81. The fourth-order valence-electron chi connectivity index (χ4n) is 2.86. The summed E-state index contributed by atoms with van der Waals surface area (Å²) in [5.74, 6) is -0.0195. The molecule has 4 rings (SSSR count). The molecule has 0 spiro atoms. The predicted molar refractivity (Wildman–Crippen MR) is 82.8 cm³/mol. The van der Waals surface area contributed by atoms with Crippen LogP contribution in [0.3, 0.4) is 0 Å². The Bertz CT molecular complexity index is 803. The summed E-state index contributed by atoms with van der Waals surface area (Å²) in [6, 6.07) is 8.18. The van der Waals surface area contributed by atoms with Crippen molar-refractivity contribution >= 4 is 29.6 Å². The monoisotopic (exact) mass is 281 g/mol. The summed E-state index contributed by atoms with van der Waals surface area (Å²) in [5.41, 5.74) is 1.19. The number of aliphatic hydroxyl groups excluding tert-OH is 1. The normalized spacial score (nSPS) is 23.4. The highest BCUT2D eigenvalue weighted by Crippen LogP contribution is 2.32. The average Bonchev–Trinajstić information content (AvgIpc) is 2.90. The first-order valence-corrected chi connectivity index (χ1v) is 7.76. The fraction of sp³-hybridized carbons (Fsp3) is 0.235. The van der Waals surface area contributed by atoms with Crippen molar-refractivity contribution in [2.75, 3.05) is 0 Å². The largest absolute Gasteiger partial charge is 0.388 e. The molecule has 0 amide bonds. The molecule has 2 nitrogen and oxygen atoms in total. The van der Waals surface area contributed by atoms with Gasteiger partial charge in [0.25, 0.3) is 0 Å². The quantitative estimate of drug-likeness (QED) is 0.865. The van der Waals surface area contributed by atoms with Crippen molar-refractivity contribution in [3.8, 4) is 0 Å². The lowest BCUT2D eigenvalue weighted by Crippen LogP contribution is -2.34. The Kier molecular flexibility index (Phi) is 2.83. The van der Waals surface area contributed by atoms with Gasteiger partial charge in [-0.1, -0.05) is 36.4 Å². The maximum absolute atomic E-state index is 10.4. The first kappa shape index (κ1) is 12.1. The molecule has 20 heavy (non-hydrogen) atoms. The Hall–Kier alpha value is -1.71. The number of rotatable bonds is 1. The zero-order valence-corrected chi connectivity index (χ0v) is 11.8. The van der Waals surface area contributed by atoms with Gasteiger partial charge in [-0.3, -0.25) is 0 Å². The van der Waals surface area contributed by atoms with Gasteiger partial charge < -0.3 is 5.11 Å². The molecule has 2 aliphatic carbocycles. The third-order valence-corrected chi connectivity index (χ3v) is 5.08.